The molecule has 1 N–H and O–H groups in total. The number of piperidine rings is 1. The van der Waals surface area contributed by atoms with Crippen LogP contribution in [0.4, 0.5) is 0 Å². The van der Waals surface area contributed by atoms with E-state index in [1.807, 2.05) is 0 Å². The average molecular weight is 397 g/mol. The number of pyridine rings is 1. The SMILES string of the molecule is CS(=O)(=O)N1C[C@@H](Oc2cccnc2)C[C@H]1C(=O)NCCN1CCCCC1. The van der Waals surface area contributed by atoms with E-state index in [4.69, 9.17) is 4.74 Å². The first-order valence-electron chi connectivity index (χ1n) is 9.47. The van der Waals surface area contributed by atoms with Crippen LogP contribution in [0.2, 0.25) is 0 Å². The van der Waals surface area contributed by atoms with Gasteiger partial charge in [0.25, 0.3) is 0 Å². The lowest BCUT2D eigenvalue weighted by Gasteiger charge is -2.27. The Balaban J connectivity index is 1.56. The van der Waals surface area contributed by atoms with E-state index in [1.54, 1.807) is 24.5 Å². The molecule has 0 saturated carbocycles. The number of sulfonamides is 1. The van der Waals surface area contributed by atoms with Crippen LogP contribution in [0.5, 0.6) is 5.75 Å². The molecule has 2 aliphatic rings. The van der Waals surface area contributed by atoms with Crippen LogP contribution in [0.3, 0.4) is 0 Å². The summed E-state index contributed by atoms with van der Waals surface area (Å²) >= 11 is 0. The third-order valence-corrected chi connectivity index (χ3v) is 6.31. The predicted molar refractivity (Wildman–Crippen MR) is 102 cm³/mol. The van der Waals surface area contributed by atoms with Crippen molar-refractivity contribution in [3.05, 3.63) is 24.5 Å². The summed E-state index contributed by atoms with van der Waals surface area (Å²) in [5.41, 5.74) is 0. The second-order valence-electron chi connectivity index (χ2n) is 7.21. The van der Waals surface area contributed by atoms with Gasteiger partial charge in [0.15, 0.2) is 0 Å². The predicted octanol–water partition coefficient (Wildman–Crippen LogP) is 0.465. The molecule has 150 valence electrons. The molecule has 2 aliphatic heterocycles. The molecule has 1 amide bonds. The molecule has 8 nitrogen and oxygen atoms in total. The van der Waals surface area contributed by atoms with E-state index < -0.39 is 16.1 Å². The monoisotopic (exact) mass is 396 g/mol. The summed E-state index contributed by atoms with van der Waals surface area (Å²) in [4.78, 5) is 19.0. The molecule has 2 fully saturated rings. The Bertz CT molecular complexity index is 722. The Morgan fingerprint density at radius 1 is 1.33 bits per heavy atom. The molecule has 0 aromatic carbocycles. The number of nitrogens with one attached hydrogen (secondary N) is 1. The molecule has 0 spiro atoms. The molecule has 2 saturated heterocycles. The minimum absolute atomic E-state index is 0.165. The van der Waals surface area contributed by atoms with Crippen molar-refractivity contribution in [3.63, 3.8) is 0 Å². The number of aromatic nitrogens is 1. The zero-order valence-electron chi connectivity index (χ0n) is 15.7. The summed E-state index contributed by atoms with van der Waals surface area (Å²) in [5.74, 6) is 0.317. The molecular formula is C18H28N4O4S. The van der Waals surface area contributed by atoms with Gasteiger partial charge in [0.05, 0.1) is 19.0 Å². The first-order chi connectivity index (χ1) is 12.9. The fraction of sp³-hybridized carbons (Fsp3) is 0.667. The maximum Gasteiger partial charge on any atom is 0.238 e. The van der Waals surface area contributed by atoms with Gasteiger partial charge in [-0.2, -0.15) is 4.31 Å². The second kappa shape index (κ2) is 8.99. The first-order valence-corrected chi connectivity index (χ1v) is 11.3. The number of likely N-dealkylation sites (tertiary alicyclic amines) is 1. The summed E-state index contributed by atoms with van der Waals surface area (Å²) in [6, 6.07) is 2.79. The number of ether oxygens (including phenoxy) is 1. The Labute approximate surface area is 160 Å². The highest BCUT2D eigenvalue weighted by Crippen LogP contribution is 2.25. The van der Waals surface area contributed by atoms with Crippen LogP contribution in [0.1, 0.15) is 25.7 Å². The number of hydrogen-bond acceptors (Lipinski definition) is 6. The van der Waals surface area contributed by atoms with Crippen molar-refractivity contribution in [2.75, 3.05) is 39.0 Å². The van der Waals surface area contributed by atoms with Crippen molar-refractivity contribution in [2.45, 2.75) is 37.8 Å². The number of amides is 1. The largest absolute Gasteiger partial charge is 0.487 e. The Morgan fingerprint density at radius 3 is 2.78 bits per heavy atom. The van der Waals surface area contributed by atoms with Crippen LogP contribution in [-0.2, 0) is 14.8 Å². The van der Waals surface area contributed by atoms with Gasteiger partial charge in [-0.1, -0.05) is 6.42 Å². The fourth-order valence-corrected chi connectivity index (χ4v) is 4.79. The highest BCUT2D eigenvalue weighted by molar-refractivity contribution is 7.88. The second-order valence-corrected chi connectivity index (χ2v) is 9.14. The summed E-state index contributed by atoms with van der Waals surface area (Å²) in [6.45, 7) is 3.62. The van der Waals surface area contributed by atoms with E-state index in [1.165, 1.54) is 23.6 Å². The smallest absolute Gasteiger partial charge is 0.238 e. The van der Waals surface area contributed by atoms with Gasteiger partial charge in [-0.25, -0.2) is 8.42 Å². The molecule has 0 radical (unpaired) electrons. The van der Waals surface area contributed by atoms with E-state index >= 15 is 0 Å². The van der Waals surface area contributed by atoms with Gasteiger partial charge in [0, 0.05) is 25.7 Å². The molecule has 3 rings (SSSR count). The summed E-state index contributed by atoms with van der Waals surface area (Å²) in [5, 5.41) is 2.90. The summed E-state index contributed by atoms with van der Waals surface area (Å²) in [7, 11) is -3.50. The van der Waals surface area contributed by atoms with E-state index in [2.05, 4.69) is 15.2 Å². The van der Waals surface area contributed by atoms with E-state index in [9.17, 15) is 13.2 Å². The van der Waals surface area contributed by atoms with Gasteiger partial charge in [-0.05, 0) is 38.1 Å². The number of nitrogens with zero attached hydrogens (tertiary/aromatic N) is 3. The number of rotatable bonds is 7. The molecule has 3 heterocycles. The molecule has 0 unspecified atom stereocenters. The lowest BCUT2D eigenvalue weighted by atomic mass is 10.1. The van der Waals surface area contributed by atoms with Crippen molar-refractivity contribution in [1.82, 2.24) is 19.5 Å². The summed E-state index contributed by atoms with van der Waals surface area (Å²) in [6.07, 6.45) is 7.98. The van der Waals surface area contributed by atoms with Crippen LogP contribution in [-0.4, -0.2) is 79.6 Å². The van der Waals surface area contributed by atoms with Crippen molar-refractivity contribution in [3.8, 4) is 5.75 Å². The molecule has 0 aliphatic carbocycles. The Kier molecular flexibility index (Phi) is 6.67. The van der Waals surface area contributed by atoms with Crippen LogP contribution >= 0.6 is 0 Å². The van der Waals surface area contributed by atoms with Gasteiger partial charge in [-0.3, -0.25) is 9.78 Å². The van der Waals surface area contributed by atoms with E-state index in [0.717, 1.165) is 25.9 Å². The van der Waals surface area contributed by atoms with Gasteiger partial charge >= 0.3 is 0 Å². The topological polar surface area (TPSA) is 91.8 Å². The molecule has 2 atom stereocenters. The number of hydrogen-bond donors (Lipinski definition) is 1. The Hall–Kier alpha value is -1.71. The fourth-order valence-electron chi connectivity index (χ4n) is 3.71. The molecule has 1 aromatic rings. The molecule has 1 aromatic heterocycles. The van der Waals surface area contributed by atoms with Crippen molar-refractivity contribution >= 4 is 15.9 Å². The first kappa shape index (κ1) is 20.0. The molecule has 27 heavy (non-hydrogen) atoms. The maximum absolute atomic E-state index is 12.6. The van der Waals surface area contributed by atoms with Crippen LogP contribution < -0.4 is 10.1 Å². The molecule has 0 bridgehead atoms. The third-order valence-electron chi connectivity index (χ3n) is 5.06. The van der Waals surface area contributed by atoms with Crippen LogP contribution in [0.25, 0.3) is 0 Å². The van der Waals surface area contributed by atoms with Crippen LogP contribution in [0.15, 0.2) is 24.5 Å². The zero-order chi connectivity index (χ0) is 19.3. The lowest BCUT2D eigenvalue weighted by molar-refractivity contribution is -0.124. The maximum atomic E-state index is 12.6. The summed E-state index contributed by atoms with van der Waals surface area (Å²) < 4.78 is 31.3. The normalized spacial score (nSPS) is 24.6. The highest BCUT2D eigenvalue weighted by Gasteiger charge is 2.42. The quantitative estimate of drug-likeness (QED) is 0.720. The standard InChI is InChI=1S/C18H28N4O4S/c1-27(24,25)22-14-16(26-15-6-5-7-19-13-15)12-17(22)18(23)20-8-11-21-9-3-2-4-10-21/h5-7,13,16-17H,2-4,8-12,14H2,1H3,(H,20,23)/t16-,17-/m0/s1. The third kappa shape index (κ3) is 5.63. The average Bonchev–Trinajstić information content (AvgIpc) is 3.08. The van der Waals surface area contributed by atoms with E-state index in [0.29, 0.717) is 18.7 Å². The van der Waals surface area contributed by atoms with Crippen LogP contribution in [0, 0.1) is 0 Å². The number of carbonyl (C=O) groups is 1. The van der Waals surface area contributed by atoms with Gasteiger partial charge in [0.1, 0.15) is 17.9 Å². The molecular weight excluding hydrogens is 368 g/mol. The zero-order valence-corrected chi connectivity index (χ0v) is 16.5. The van der Waals surface area contributed by atoms with Crippen molar-refractivity contribution in [2.24, 2.45) is 0 Å². The minimum atomic E-state index is -3.50. The van der Waals surface area contributed by atoms with Gasteiger partial charge in [0.2, 0.25) is 15.9 Å². The number of carbonyl (C=O) groups excluding carboxylic acids is 1. The van der Waals surface area contributed by atoms with E-state index in [-0.39, 0.29) is 18.6 Å². The van der Waals surface area contributed by atoms with Gasteiger partial charge in [-0.15, -0.1) is 0 Å². The Morgan fingerprint density at radius 2 is 2.11 bits per heavy atom. The van der Waals surface area contributed by atoms with Gasteiger partial charge < -0.3 is 15.0 Å². The molecule has 9 heteroatoms. The van der Waals surface area contributed by atoms with Crippen molar-refractivity contribution < 1.29 is 17.9 Å². The van der Waals surface area contributed by atoms with Crippen molar-refractivity contribution in [1.29, 1.82) is 0 Å². The minimum Gasteiger partial charge on any atom is -0.487 e. The highest BCUT2D eigenvalue weighted by atomic mass is 32.2. The lowest BCUT2D eigenvalue weighted by Crippen LogP contribution is -2.47.